The van der Waals surface area contributed by atoms with Crippen molar-refractivity contribution in [3.05, 3.63) is 29.6 Å². The fourth-order valence-corrected chi connectivity index (χ4v) is 3.71. The standard InChI is InChI=1S/C16H21NO/c1-11-5-2-8-13(11)16(18)14-9-3-6-12-7-4-10-17-15(12)14/h4,7,10-11,13-14H,2-3,5-6,8-9H2,1H3. The topological polar surface area (TPSA) is 30.0 Å². The number of nitrogens with zero attached hydrogens (tertiary/aromatic N) is 1. The molecule has 1 aromatic heterocycles. The van der Waals surface area contributed by atoms with Crippen LogP contribution in [0.3, 0.4) is 0 Å². The molecule has 3 atom stereocenters. The maximum absolute atomic E-state index is 12.7. The second kappa shape index (κ2) is 4.83. The number of rotatable bonds is 2. The molecule has 1 fully saturated rings. The van der Waals surface area contributed by atoms with Gasteiger partial charge in [-0.05, 0) is 49.7 Å². The molecule has 18 heavy (non-hydrogen) atoms. The molecular weight excluding hydrogens is 222 g/mol. The zero-order valence-corrected chi connectivity index (χ0v) is 11.1. The van der Waals surface area contributed by atoms with Crippen LogP contribution in [0.1, 0.15) is 56.2 Å². The molecule has 0 aliphatic heterocycles. The van der Waals surface area contributed by atoms with Crippen molar-refractivity contribution in [2.45, 2.75) is 51.4 Å². The monoisotopic (exact) mass is 243 g/mol. The van der Waals surface area contributed by atoms with Crippen molar-refractivity contribution in [1.29, 1.82) is 0 Å². The van der Waals surface area contributed by atoms with E-state index in [1.165, 1.54) is 18.4 Å². The van der Waals surface area contributed by atoms with E-state index in [4.69, 9.17) is 0 Å². The normalized spacial score (nSPS) is 31.1. The Labute approximate surface area is 109 Å². The van der Waals surface area contributed by atoms with E-state index in [2.05, 4.69) is 18.0 Å². The molecule has 96 valence electrons. The summed E-state index contributed by atoms with van der Waals surface area (Å²) in [6, 6.07) is 4.13. The first kappa shape index (κ1) is 11.9. The van der Waals surface area contributed by atoms with Crippen LogP contribution >= 0.6 is 0 Å². The molecule has 0 bridgehead atoms. The van der Waals surface area contributed by atoms with Crippen LogP contribution in [-0.2, 0) is 11.2 Å². The molecule has 2 nitrogen and oxygen atoms in total. The Morgan fingerprint density at radius 1 is 1.28 bits per heavy atom. The van der Waals surface area contributed by atoms with E-state index >= 15 is 0 Å². The second-order valence-electron chi connectivity index (χ2n) is 5.91. The van der Waals surface area contributed by atoms with E-state index in [0.717, 1.165) is 31.4 Å². The molecule has 3 rings (SSSR count). The first-order valence-electron chi connectivity index (χ1n) is 7.25. The van der Waals surface area contributed by atoms with Gasteiger partial charge < -0.3 is 0 Å². The van der Waals surface area contributed by atoms with Gasteiger partial charge in [0.25, 0.3) is 0 Å². The highest BCUT2D eigenvalue weighted by molar-refractivity contribution is 5.88. The van der Waals surface area contributed by atoms with Crippen molar-refractivity contribution < 1.29 is 4.79 Å². The van der Waals surface area contributed by atoms with Gasteiger partial charge in [0.05, 0.1) is 11.6 Å². The third-order valence-corrected chi connectivity index (χ3v) is 4.77. The van der Waals surface area contributed by atoms with Crippen LogP contribution in [0.2, 0.25) is 0 Å². The van der Waals surface area contributed by atoms with Gasteiger partial charge in [-0.25, -0.2) is 0 Å². The third-order valence-electron chi connectivity index (χ3n) is 4.77. The number of pyridine rings is 1. The summed E-state index contributed by atoms with van der Waals surface area (Å²) in [5.74, 6) is 1.43. The van der Waals surface area contributed by atoms with Crippen LogP contribution in [0.15, 0.2) is 18.3 Å². The van der Waals surface area contributed by atoms with Gasteiger partial charge in [0.15, 0.2) is 0 Å². The highest BCUT2D eigenvalue weighted by atomic mass is 16.1. The molecule has 2 aliphatic rings. The summed E-state index contributed by atoms with van der Waals surface area (Å²) in [5, 5.41) is 0. The number of aromatic nitrogens is 1. The van der Waals surface area contributed by atoms with Crippen LogP contribution in [-0.4, -0.2) is 10.8 Å². The van der Waals surface area contributed by atoms with E-state index in [9.17, 15) is 4.79 Å². The lowest BCUT2D eigenvalue weighted by Crippen LogP contribution is -2.27. The van der Waals surface area contributed by atoms with Gasteiger partial charge in [-0.15, -0.1) is 0 Å². The van der Waals surface area contributed by atoms with Gasteiger partial charge in [0.2, 0.25) is 0 Å². The minimum Gasteiger partial charge on any atom is -0.299 e. The van der Waals surface area contributed by atoms with Gasteiger partial charge in [-0.3, -0.25) is 9.78 Å². The summed E-state index contributed by atoms with van der Waals surface area (Å²) < 4.78 is 0. The summed E-state index contributed by atoms with van der Waals surface area (Å²) in [7, 11) is 0. The van der Waals surface area contributed by atoms with E-state index in [0.29, 0.717) is 17.6 Å². The van der Waals surface area contributed by atoms with Crippen LogP contribution in [0.5, 0.6) is 0 Å². The smallest absolute Gasteiger partial charge is 0.145 e. The first-order chi connectivity index (χ1) is 8.77. The molecule has 1 aromatic rings. The lowest BCUT2D eigenvalue weighted by Gasteiger charge is -2.26. The maximum Gasteiger partial charge on any atom is 0.145 e. The van der Waals surface area contributed by atoms with Crippen molar-refractivity contribution in [3.63, 3.8) is 0 Å². The fourth-order valence-electron chi connectivity index (χ4n) is 3.71. The Balaban J connectivity index is 1.87. The Morgan fingerprint density at radius 2 is 2.17 bits per heavy atom. The van der Waals surface area contributed by atoms with Crippen LogP contribution in [0.4, 0.5) is 0 Å². The Hall–Kier alpha value is -1.18. The summed E-state index contributed by atoms with van der Waals surface area (Å²) in [6.07, 6.45) is 8.61. The largest absolute Gasteiger partial charge is 0.299 e. The van der Waals surface area contributed by atoms with Crippen molar-refractivity contribution in [2.75, 3.05) is 0 Å². The lowest BCUT2D eigenvalue weighted by molar-refractivity contribution is -0.125. The van der Waals surface area contributed by atoms with E-state index in [1.54, 1.807) is 0 Å². The van der Waals surface area contributed by atoms with E-state index in [1.807, 2.05) is 12.3 Å². The summed E-state index contributed by atoms with van der Waals surface area (Å²) >= 11 is 0. The number of fused-ring (bicyclic) bond motifs is 1. The second-order valence-corrected chi connectivity index (χ2v) is 5.91. The number of aryl methyl sites for hydroxylation is 1. The first-order valence-corrected chi connectivity index (χ1v) is 7.25. The van der Waals surface area contributed by atoms with Crippen molar-refractivity contribution in [2.24, 2.45) is 11.8 Å². The molecule has 0 spiro atoms. The molecule has 0 aromatic carbocycles. The summed E-state index contributed by atoms with van der Waals surface area (Å²) in [4.78, 5) is 17.2. The van der Waals surface area contributed by atoms with Crippen LogP contribution < -0.4 is 0 Å². The van der Waals surface area contributed by atoms with E-state index < -0.39 is 0 Å². The molecule has 1 saturated carbocycles. The zero-order chi connectivity index (χ0) is 12.5. The number of hydrogen-bond donors (Lipinski definition) is 0. The molecule has 0 N–H and O–H groups in total. The zero-order valence-electron chi connectivity index (χ0n) is 11.1. The number of ketones is 1. The SMILES string of the molecule is CC1CCCC1C(=O)C1CCCc2cccnc21. The fraction of sp³-hybridized carbons (Fsp3) is 0.625. The summed E-state index contributed by atoms with van der Waals surface area (Å²) in [5.41, 5.74) is 2.38. The van der Waals surface area contributed by atoms with Gasteiger partial charge in [-0.1, -0.05) is 19.4 Å². The number of hydrogen-bond acceptors (Lipinski definition) is 2. The highest BCUT2D eigenvalue weighted by Crippen LogP contribution is 2.39. The Kier molecular flexibility index (Phi) is 3.19. The number of carbonyl (C=O) groups excluding carboxylic acids is 1. The lowest BCUT2D eigenvalue weighted by atomic mass is 9.78. The minimum absolute atomic E-state index is 0.0838. The van der Waals surface area contributed by atoms with Crippen LogP contribution in [0, 0.1) is 11.8 Å². The Morgan fingerprint density at radius 3 is 2.94 bits per heavy atom. The van der Waals surface area contributed by atoms with Gasteiger partial charge in [-0.2, -0.15) is 0 Å². The molecule has 2 aliphatic carbocycles. The van der Waals surface area contributed by atoms with Crippen LogP contribution in [0.25, 0.3) is 0 Å². The average molecular weight is 243 g/mol. The molecule has 0 radical (unpaired) electrons. The molecule has 3 unspecified atom stereocenters. The molecule has 0 amide bonds. The summed E-state index contributed by atoms with van der Waals surface area (Å²) in [6.45, 7) is 2.23. The van der Waals surface area contributed by atoms with Crippen molar-refractivity contribution >= 4 is 5.78 Å². The van der Waals surface area contributed by atoms with E-state index in [-0.39, 0.29) is 5.92 Å². The Bertz CT molecular complexity index is 454. The van der Waals surface area contributed by atoms with Gasteiger partial charge in [0.1, 0.15) is 5.78 Å². The third kappa shape index (κ3) is 1.98. The van der Waals surface area contributed by atoms with Gasteiger partial charge in [0, 0.05) is 12.1 Å². The average Bonchev–Trinajstić information content (AvgIpc) is 2.83. The molecule has 1 heterocycles. The predicted octanol–water partition coefficient (Wildman–Crippen LogP) is 3.51. The minimum atomic E-state index is 0.0838. The molecular formula is C16H21NO. The highest BCUT2D eigenvalue weighted by Gasteiger charge is 2.36. The number of Topliss-reactive ketones (excluding diaryl/α,β-unsaturated/α-hetero) is 1. The van der Waals surface area contributed by atoms with Crippen molar-refractivity contribution in [3.8, 4) is 0 Å². The molecule has 0 saturated heterocycles. The number of carbonyl (C=O) groups is 1. The van der Waals surface area contributed by atoms with Crippen molar-refractivity contribution in [1.82, 2.24) is 4.98 Å². The predicted molar refractivity (Wildman–Crippen MR) is 71.4 cm³/mol. The van der Waals surface area contributed by atoms with Gasteiger partial charge >= 0.3 is 0 Å². The quantitative estimate of drug-likeness (QED) is 0.795. The maximum atomic E-state index is 12.7. The molecule has 2 heteroatoms.